The normalized spacial score (nSPS) is 11.7. The van der Waals surface area contributed by atoms with Crippen molar-refractivity contribution in [3.05, 3.63) is 35.4 Å². The van der Waals surface area contributed by atoms with Crippen molar-refractivity contribution in [1.29, 1.82) is 0 Å². The lowest BCUT2D eigenvalue weighted by molar-refractivity contribution is 0.0691. The Kier molecular flexibility index (Phi) is 4.43. The van der Waals surface area contributed by atoms with E-state index in [1.165, 1.54) is 0 Å². The summed E-state index contributed by atoms with van der Waals surface area (Å²) in [6.45, 7) is 2.17. The molecule has 0 fully saturated rings. The molecule has 0 radical (unpaired) electrons. The van der Waals surface area contributed by atoms with Gasteiger partial charge in [0.1, 0.15) is 10.6 Å². The molecular weight excluding hydrogens is 296 g/mol. The number of hydrogen-bond donors (Lipinski definition) is 4. The number of H-pyrrole nitrogens is 2. The van der Waals surface area contributed by atoms with Gasteiger partial charge in [0.05, 0.1) is 6.20 Å². The highest BCUT2D eigenvalue weighted by Crippen LogP contribution is 2.11. The summed E-state index contributed by atoms with van der Waals surface area (Å²) in [7, 11) is -3.69. The van der Waals surface area contributed by atoms with Crippen molar-refractivity contribution in [3.63, 3.8) is 0 Å². The van der Waals surface area contributed by atoms with Gasteiger partial charge in [-0.25, -0.2) is 17.9 Å². The number of aryl methyl sites for hydroxylation is 2. The maximum absolute atomic E-state index is 12.0. The van der Waals surface area contributed by atoms with Gasteiger partial charge in [0.15, 0.2) is 0 Å². The molecule has 2 aromatic rings. The van der Waals surface area contributed by atoms with Crippen molar-refractivity contribution < 1.29 is 18.3 Å². The maximum atomic E-state index is 12.0. The lowest BCUT2D eigenvalue weighted by Crippen LogP contribution is -2.24. The summed E-state index contributed by atoms with van der Waals surface area (Å²) in [5, 5.41) is 15.5. The van der Waals surface area contributed by atoms with Crippen LogP contribution >= 0.6 is 0 Å². The summed E-state index contributed by atoms with van der Waals surface area (Å²) in [5.41, 5.74) is 1.85. The van der Waals surface area contributed by atoms with Gasteiger partial charge in [0.2, 0.25) is 10.0 Å². The van der Waals surface area contributed by atoms with Crippen LogP contribution < -0.4 is 4.72 Å². The van der Waals surface area contributed by atoms with E-state index < -0.39 is 16.0 Å². The zero-order valence-electron chi connectivity index (χ0n) is 11.4. The van der Waals surface area contributed by atoms with Gasteiger partial charge in [-0.05, 0) is 31.4 Å². The Labute approximate surface area is 121 Å². The van der Waals surface area contributed by atoms with Crippen LogP contribution in [-0.2, 0) is 16.4 Å². The minimum Gasteiger partial charge on any atom is -0.477 e. The van der Waals surface area contributed by atoms with Crippen LogP contribution in [0.25, 0.3) is 0 Å². The van der Waals surface area contributed by atoms with Crippen molar-refractivity contribution in [2.24, 2.45) is 0 Å². The van der Waals surface area contributed by atoms with Gasteiger partial charge in [0.25, 0.3) is 0 Å². The van der Waals surface area contributed by atoms with E-state index in [1.54, 1.807) is 6.20 Å². The Balaban J connectivity index is 1.89. The number of aromatic amines is 2. The quantitative estimate of drug-likeness (QED) is 0.558. The molecule has 21 heavy (non-hydrogen) atoms. The van der Waals surface area contributed by atoms with Crippen LogP contribution in [-0.4, -0.2) is 41.2 Å². The number of sulfonamides is 1. The molecule has 8 nitrogen and oxygen atoms in total. The second-order valence-corrected chi connectivity index (χ2v) is 6.34. The highest BCUT2D eigenvalue weighted by atomic mass is 32.2. The lowest BCUT2D eigenvalue weighted by Gasteiger charge is -2.04. The molecule has 0 spiro atoms. The standard InChI is InChI=1S/C12H16N4O4S/c1-8-9(6-14-16-8)3-2-4-15-21(19,20)10-5-11(12(17)18)13-7-10/h5-7,13,15H,2-4H2,1H3,(H,14,16)(H,17,18). The minimum atomic E-state index is -3.69. The summed E-state index contributed by atoms with van der Waals surface area (Å²) in [5.74, 6) is -1.20. The molecule has 0 atom stereocenters. The lowest BCUT2D eigenvalue weighted by atomic mass is 10.1. The van der Waals surface area contributed by atoms with Crippen LogP contribution in [0, 0.1) is 6.92 Å². The maximum Gasteiger partial charge on any atom is 0.352 e. The van der Waals surface area contributed by atoms with Gasteiger partial charge in [0, 0.05) is 18.4 Å². The molecule has 0 bridgehead atoms. The Morgan fingerprint density at radius 2 is 2.24 bits per heavy atom. The number of carboxylic acids is 1. The average molecular weight is 312 g/mol. The smallest absolute Gasteiger partial charge is 0.352 e. The third-order valence-corrected chi connectivity index (χ3v) is 4.49. The van der Waals surface area contributed by atoms with E-state index in [0.717, 1.165) is 23.5 Å². The third-order valence-electron chi connectivity index (χ3n) is 3.05. The highest BCUT2D eigenvalue weighted by molar-refractivity contribution is 7.89. The second kappa shape index (κ2) is 6.10. The van der Waals surface area contributed by atoms with Gasteiger partial charge in [-0.2, -0.15) is 5.10 Å². The number of aromatic nitrogens is 3. The number of carboxylic acid groups (broad SMARTS) is 1. The van der Waals surface area contributed by atoms with Gasteiger partial charge < -0.3 is 10.1 Å². The van der Waals surface area contributed by atoms with E-state index in [1.807, 2.05) is 6.92 Å². The zero-order chi connectivity index (χ0) is 15.5. The van der Waals surface area contributed by atoms with Crippen molar-refractivity contribution >= 4 is 16.0 Å². The number of aromatic carboxylic acids is 1. The first-order valence-electron chi connectivity index (χ1n) is 6.30. The summed E-state index contributed by atoms with van der Waals surface area (Å²) in [6.07, 6.45) is 4.20. The van der Waals surface area contributed by atoms with E-state index in [-0.39, 0.29) is 17.1 Å². The fourth-order valence-electron chi connectivity index (χ4n) is 1.85. The zero-order valence-corrected chi connectivity index (χ0v) is 12.2. The summed E-state index contributed by atoms with van der Waals surface area (Å²) in [6, 6.07) is 1.09. The van der Waals surface area contributed by atoms with Crippen molar-refractivity contribution in [1.82, 2.24) is 19.9 Å². The number of hydrogen-bond acceptors (Lipinski definition) is 4. The predicted molar refractivity (Wildman–Crippen MR) is 74.6 cm³/mol. The van der Waals surface area contributed by atoms with Crippen molar-refractivity contribution in [3.8, 4) is 0 Å². The molecule has 2 rings (SSSR count). The third kappa shape index (κ3) is 3.70. The number of carbonyl (C=O) groups is 1. The van der Waals surface area contributed by atoms with Crippen LogP contribution in [0.4, 0.5) is 0 Å². The summed E-state index contributed by atoms with van der Waals surface area (Å²) < 4.78 is 26.3. The second-order valence-electron chi connectivity index (χ2n) is 4.58. The first-order chi connectivity index (χ1) is 9.90. The van der Waals surface area contributed by atoms with Gasteiger partial charge in [-0.1, -0.05) is 0 Å². The fraction of sp³-hybridized carbons (Fsp3) is 0.333. The molecule has 2 heterocycles. The Morgan fingerprint density at radius 1 is 1.48 bits per heavy atom. The number of nitrogens with one attached hydrogen (secondary N) is 3. The van der Waals surface area contributed by atoms with Crippen LogP contribution in [0.15, 0.2) is 23.4 Å². The molecule has 4 N–H and O–H groups in total. The Morgan fingerprint density at radius 3 is 2.81 bits per heavy atom. The Hall–Kier alpha value is -2.13. The average Bonchev–Trinajstić information content (AvgIpc) is 3.04. The molecule has 0 amide bonds. The molecule has 0 saturated carbocycles. The van der Waals surface area contributed by atoms with E-state index in [2.05, 4.69) is 19.9 Å². The highest BCUT2D eigenvalue weighted by Gasteiger charge is 2.17. The van der Waals surface area contributed by atoms with Gasteiger partial charge >= 0.3 is 5.97 Å². The van der Waals surface area contributed by atoms with Crippen molar-refractivity contribution in [2.45, 2.75) is 24.7 Å². The van der Waals surface area contributed by atoms with E-state index in [4.69, 9.17) is 5.11 Å². The molecule has 0 aliphatic rings. The van der Waals surface area contributed by atoms with Crippen LogP contribution in [0.1, 0.15) is 28.2 Å². The van der Waals surface area contributed by atoms with Gasteiger partial charge in [-0.3, -0.25) is 5.10 Å². The molecule has 0 aliphatic heterocycles. The SMILES string of the molecule is Cc1[nH]ncc1CCCNS(=O)(=O)c1c[nH]c(C(=O)O)c1. The molecule has 0 aliphatic carbocycles. The molecule has 114 valence electrons. The largest absolute Gasteiger partial charge is 0.477 e. The molecule has 9 heteroatoms. The fourth-order valence-corrected chi connectivity index (χ4v) is 2.92. The van der Waals surface area contributed by atoms with Crippen LogP contribution in [0.5, 0.6) is 0 Å². The molecule has 0 saturated heterocycles. The predicted octanol–water partition coefficient (Wildman–Crippen LogP) is 0.656. The summed E-state index contributed by atoms with van der Waals surface area (Å²) in [4.78, 5) is 13.0. The summed E-state index contributed by atoms with van der Waals surface area (Å²) >= 11 is 0. The van der Waals surface area contributed by atoms with E-state index in [0.29, 0.717) is 12.8 Å². The van der Waals surface area contributed by atoms with Crippen LogP contribution in [0.2, 0.25) is 0 Å². The molecule has 0 unspecified atom stereocenters. The topological polar surface area (TPSA) is 128 Å². The Bertz CT molecular complexity index is 732. The first kappa shape index (κ1) is 15.3. The monoisotopic (exact) mass is 312 g/mol. The first-order valence-corrected chi connectivity index (χ1v) is 7.78. The van der Waals surface area contributed by atoms with Crippen molar-refractivity contribution in [2.75, 3.05) is 6.54 Å². The molecular formula is C12H16N4O4S. The van der Waals surface area contributed by atoms with Crippen LogP contribution in [0.3, 0.4) is 0 Å². The van der Waals surface area contributed by atoms with E-state index in [9.17, 15) is 13.2 Å². The minimum absolute atomic E-state index is 0.0839. The van der Waals surface area contributed by atoms with Gasteiger partial charge in [-0.15, -0.1) is 0 Å². The number of nitrogens with zero attached hydrogens (tertiary/aromatic N) is 1. The van der Waals surface area contributed by atoms with E-state index >= 15 is 0 Å². The number of rotatable bonds is 7. The molecule has 2 aromatic heterocycles. The molecule has 0 aromatic carbocycles.